The molecular weight excluding hydrogens is 385 g/mol. The van der Waals surface area contributed by atoms with E-state index in [1.807, 2.05) is 0 Å². The standard InChI is InChI=1S/C22H27F3O4/c23-22(24,25)20-12-18(8-6-16(20)7-9-21(26)27)29-14-17-13-28-11-10-19(17)15-4-2-1-3-5-15/h6,8,12,15H,1-5,7,9-11,13-14H2,(H,26,27). The van der Waals surface area contributed by atoms with E-state index >= 15 is 0 Å². The number of hydrogen-bond acceptors (Lipinski definition) is 3. The smallest absolute Gasteiger partial charge is 0.416 e. The molecule has 160 valence electrons. The molecule has 1 aromatic carbocycles. The molecule has 1 aliphatic heterocycles. The first kappa shape index (κ1) is 21.7. The highest BCUT2D eigenvalue weighted by Crippen LogP contribution is 2.37. The second kappa shape index (κ2) is 9.65. The van der Waals surface area contributed by atoms with E-state index in [4.69, 9.17) is 14.6 Å². The molecule has 1 aromatic rings. The molecule has 2 aliphatic rings. The average molecular weight is 412 g/mol. The third-order valence-corrected chi connectivity index (χ3v) is 5.75. The Morgan fingerprint density at radius 1 is 1.21 bits per heavy atom. The quantitative estimate of drug-likeness (QED) is 0.610. The number of carboxylic acid groups (broad SMARTS) is 1. The molecule has 0 amide bonds. The average Bonchev–Trinajstić information content (AvgIpc) is 2.71. The Labute approximate surface area is 168 Å². The van der Waals surface area contributed by atoms with Crippen molar-refractivity contribution in [3.8, 4) is 5.75 Å². The Hall–Kier alpha value is -2.02. The number of aryl methyl sites for hydroxylation is 1. The van der Waals surface area contributed by atoms with Gasteiger partial charge < -0.3 is 14.6 Å². The number of alkyl halides is 3. The van der Waals surface area contributed by atoms with Gasteiger partial charge in [0.05, 0.1) is 18.8 Å². The van der Waals surface area contributed by atoms with E-state index in [0.717, 1.165) is 30.9 Å². The predicted octanol–water partition coefficient (Wildman–Crippen LogP) is 5.40. The van der Waals surface area contributed by atoms with Gasteiger partial charge in [0.15, 0.2) is 0 Å². The summed E-state index contributed by atoms with van der Waals surface area (Å²) in [7, 11) is 0. The fourth-order valence-corrected chi connectivity index (χ4v) is 4.26. The number of carboxylic acids is 1. The number of benzene rings is 1. The zero-order valence-corrected chi connectivity index (χ0v) is 16.4. The Morgan fingerprint density at radius 3 is 2.66 bits per heavy atom. The summed E-state index contributed by atoms with van der Waals surface area (Å²) in [6.45, 7) is 1.37. The van der Waals surface area contributed by atoms with Crippen molar-refractivity contribution in [1.82, 2.24) is 0 Å². The van der Waals surface area contributed by atoms with Crippen molar-refractivity contribution in [2.45, 2.75) is 57.5 Å². The van der Waals surface area contributed by atoms with Crippen LogP contribution in [0, 0.1) is 5.92 Å². The van der Waals surface area contributed by atoms with Gasteiger partial charge in [-0.2, -0.15) is 13.2 Å². The monoisotopic (exact) mass is 412 g/mol. The Morgan fingerprint density at radius 2 is 1.97 bits per heavy atom. The number of hydrogen-bond donors (Lipinski definition) is 1. The van der Waals surface area contributed by atoms with E-state index in [-0.39, 0.29) is 30.8 Å². The Bertz CT molecular complexity index is 749. The largest absolute Gasteiger partial charge is 0.489 e. The Kier molecular flexibility index (Phi) is 7.22. The summed E-state index contributed by atoms with van der Waals surface area (Å²) in [5, 5.41) is 8.76. The minimum atomic E-state index is -4.56. The maximum absolute atomic E-state index is 13.4. The van der Waals surface area contributed by atoms with Crippen LogP contribution in [0.5, 0.6) is 5.75 Å². The first-order valence-corrected chi connectivity index (χ1v) is 10.2. The molecule has 0 radical (unpaired) electrons. The van der Waals surface area contributed by atoms with Crippen molar-refractivity contribution in [1.29, 1.82) is 0 Å². The van der Waals surface area contributed by atoms with E-state index in [9.17, 15) is 18.0 Å². The van der Waals surface area contributed by atoms with Crippen LogP contribution in [0.15, 0.2) is 29.3 Å². The van der Waals surface area contributed by atoms with Gasteiger partial charge in [-0.1, -0.05) is 30.9 Å². The summed E-state index contributed by atoms with van der Waals surface area (Å²) in [6, 6.07) is 3.77. The molecular formula is C22H27F3O4. The zero-order valence-electron chi connectivity index (χ0n) is 16.4. The molecule has 1 fully saturated rings. The van der Waals surface area contributed by atoms with Gasteiger partial charge >= 0.3 is 12.1 Å². The fraction of sp³-hybridized carbons (Fsp3) is 0.591. The highest BCUT2D eigenvalue weighted by atomic mass is 19.4. The van der Waals surface area contributed by atoms with Crippen LogP contribution in [0.1, 0.15) is 56.1 Å². The van der Waals surface area contributed by atoms with Gasteiger partial charge in [0, 0.05) is 6.42 Å². The van der Waals surface area contributed by atoms with Gasteiger partial charge in [0.1, 0.15) is 12.4 Å². The molecule has 0 atom stereocenters. The molecule has 1 heterocycles. The maximum atomic E-state index is 13.4. The first-order valence-electron chi connectivity index (χ1n) is 10.2. The molecule has 0 bridgehead atoms. The van der Waals surface area contributed by atoms with E-state index < -0.39 is 17.7 Å². The molecule has 4 nitrogen and oxygen atoms in total. The van der Waals surface area contributed by atoms with Crippen LogP contribution in [-0.4, -0.2) is 30.9 Å². The van der Waals surface area contributed by atoms with Gasteiger partial charge in [0.2, 0.25) is 0 Å². The number of rotatable bonds is 7. The van der Waals surface area contributed by atoms with Crippen molar-refractivity contribution in [2.75, 3.05) is 19.8 Å². The van der Waals surface area contributed by atoms with E-state index in [1.54, 1.807) is 0 Å². The Balaban J connectivity index is 1.75. The lowest BCUT2D eigenvalue weighted by Gasteiger charge is -2.30. The highest BCUT2D eigenvalue weighted by Gasteiger charge is 2.34. The minimum Gasteiger partial charge on any atom is -0.489 e. The maximum Gasteiger partial charge on any atom is 0.416 e. The lowest BCUT2D eigenvalue weighted by Crippen LogP contribution is -2.22. The molecule has 0 saturated heterocycles. The van der Waals surface area contributed by atoms with Crippen molar-refractivity contribution >= 4 is 5.97 Å². The van der Waals surface area contributed by atoms with Crippen molar-refractivity contribution in [3.63, 3.8) is 0 Å². The lowest BCUT2D eigenvalue weighted by atomic mass is 9.80. The number of aliphatic carboxylic acids is 1. The van der Waals surface area contributed by atoms with Gasteiger partial charge in [-0.3, -0.25) is 4.79 Å². The van der Waals surface area contributed by atoms with Gasteiger partial charge in [-0.15, -0.1) is 0 Å². The second-order valence-corrected chi connectivity index (χ2v) is 7.77. The summed E-state index contributed by atoms with van der Waals surface area (Å²) < 4.78 is 51.6. The van der Waals surface area contributed by atoms with Crippen molar-refractivity contribution < 1.29 is 32.5 Å². The summed E-state index contributed by atoms with van der Waals surface area (Å²) in [4.78, 5) is 10.7. The van der Waals surface area contributed by atoms with Crippen molar-refractivity contribution in [3.05, 3.63) is 40.5 Å². The molecule has 0 unspecified atom stereocenters. The van der Waals surface area contributed by atoms with Crippen molar-refractivity contribution in [2.24, 2.45) is 5.92 Å². The number of ether oxygens (including phenoxy) is 2. The van der Waals surface area contributed by atoms with Crippen LogP contribution < -0.4 is 4.74 Å². The molecule has 1 saturated carbocycles. The molecule has 1 aliphatic carbocycles. The zero-order chi connectivity index (χ0) is 20.9. The molecule has 1 N–H and O–H groups in total. The van der Waals surface area contributed by atoms with E-state index in [1.165, 1.54) is 37.0 Å². The molecule has 0 spiro atoms. The molecule has 0 aromatic heterocycles. The topological polar surface area (TPSA) is 55.8 Å². The highest BCUT2D eigenvalue weighted by molar-refractivity contribution is 5.67. The summed E-state index contributed by atoms with van der Waals surface area (Å²) >= 11 is 0. The summed E-state index contributed by atoms with van der Waals surface area (Å²) in [6.07, 6.45) is 1.81. The predicted molar refractivity (Wildman–Crippen MR) is 102 cm³/mol. The third-order valence-electron chi connectivity index (χ3n) is 5.75. The van der Waals surface area contributed by atoms with Crippen LogP contribution in [0.25, 0.3) is 0 Å². The van der Waals surface area contributed by atoms with Gasteiger partial charge in [-0.05, 0) is 54.9 Å². The molecule has 29 heavy (non-hydrogen) atoms. The van der Waals surface area contributed by atoms with Crippen LogP contribution in [-0.2, 0) is 22.1 Å². The van der Waals surface area contributed by atoms with E-state index in [0.29, 0.717) is 19.1 Å². The summed E-state index contributed by atoms with van der Waals surface area (Å²) in [5.41, 5.74) is 1.55. The van der Waals surface area contributed by atoms with Gasteiger partial charge in [0.25, 0.3) is 0 Å². The molecule has 3 rings (SSSR count). The van der Waals surface area contributed by atoms with Crippen LogP contribution in [0.4, 0.5) is 13.2 Å². The first-order chi connectivity index (χ1) is 13.8. The lowest BCUT2D eigenvalue weighted by molar-refractivity contribution is -0.140. The normalized spacial score (nSPS) is 18.7. The number of carbonyl (C=O) groups is 1. The van der Waals surface area contributed by atoms with E-state index in [2.05, 4.69) is 0 Å². The fourth-order valence-electron chi connectivity index (χ4n) is 4.26. The number of halogens is 3. The summed E-state index contributed by atoms with van der Waals surface area (Å²) in [5.74, 6) is -0.453. The second-order valence-electron chi connectivity index (χ2n) is 7.77. The minimum absolute atomic E-state index is 0.0321. The van der Waals surface area contributed by atoms with Crippen LogP contribution in [0.2, 0.25) is 0 Å². The van der Waals surface area contributed by atoms with Crippen LogP contribution >= 0.6 is 0 Å². The SMILES string of the molecule is O=C(O)CCc1ccc(OCC2=C(C3CCCCC3)CCOC2)cc1C(F)(F)F. The van der Waals surface area contributed by atoms with Crippen LogP contribution in [0.3, 0.4) is 0 Å². The third kappa shape index (κ3) is 5.98. The molecule has 7 heteroatoms. The van der Waals surface area contributed by atoms with Gasteiger partial charge in [-0.25, -0.2) is 0 Å².